The molecule has 3 N–H and O–H groups in total. The van der Waals surface area contributed by atoms with Gasteiger partial charge in [0.15, 0.2) is 0 Å². The van der Waals surface area contributed by atoms with Crippen LogP contribution in [0.3, 0.4) is 0 Å². The largest absolute Gasteiger partial charge is 0.456 e. The van der Waals surface area contributed by atoms with Gasteiger partial charge in [0.25, 0.3) is 11.7 Å². The Balaban J connectivity index is 1.76. The number of piperidine rings is 1. The van der Waals surface area contributed by atoms with Gasteiger partial charge in [0.2, 0.25) is 5.79 Å². The molecule has 14 atom stereocenters. The Bertz CT molecular complexity index is 1430. The van der Waals surface area contributed by atoms with Gasteiger partial charge in [0.1, 0.15) is 24.0 Å². The van der Waals surface area contributed by atoms with E-state index in [1.54, 1.807) is 21.0 Å². The second kappa shape index (κ2) is 20.4. The topological polar surface area (TPSA) is 178 Å². The molecule has 4 aliphatic rings. The van der Waals surface area contributed by atoms with E-state index in [1.165, 1.54) is 19.1 Å². The van der Waals surface area contributed by atoms with Crippen molar-refractivity contribution in [1.82, 2.24) is 4.90 Å². The molecule has 3 heterocycles. The maximum atomic E-state index is 14.3. The summed E-state index contributed by atoms with van der Waals surface area (Å²) in [7, 11) is 4.63. The smallest absolute Gasteiger partial charge is 0.329 e. The van der Waals surface area contributed by atoms with Gasteiger partial charge < -0.3 is 43.9 Å². The van der Waals surface area contributed by atoms with Gasteiger partial charge in [-0.15, -0.1) is 0 Å². The third kappa shape index (κ3) is 10.7. The lowest BCUT2D eigenvalue weighted by atomic mass is 9.81. The minimum absolute atomic E-state index is 0.000914. The number of fused-ring (bicyclic) bond motifs is 3. The van der Waals surface area contributed by atoms with Crippen molar-refractivity contribution in [3.63, 3.8) is 0 Å². The molecule has 4 rings (SSSR count). The normalized spacial score (nSPS) is 41.6. The van der Waals surface area contributed by atoms with Crippen LogP contribution in [-0.2, 0) is 42.9 Å². The van der Waals surface area contributed by atoms with Crippen LogP contribution in [0.2, 0.25) is 0 Å². The zero-order chi connectivity index (χ0) is 41.5. The number of allylic oxidation sites excluding steroid dienone is 3. The van der Waals surface area contributed by atoms with Crippen molar-refractivity contribution >= 4 is 23.4 Å². The highest BCUT2D eigenvalue weighted by Gasteiger charge is 2.56. The number of esters is 1. The third-order valence-electron chi connectivity index (χ3n) is 12.9. The van der Waals surface area contributed by atoms with E-state index in [2.05, 4.69) is 6.92 Å². The Hall–Kier alpha value is -2.52. The Morgan fingerprint density at radius 3 is 2.21 bits per heavy atom. The van der Waals surface area contributed by atoms with Crippen LogP contribution < -0.4 is 0 Å². The summed E-state index contributed by atoms with van der Waals surface area (Å²) in [5.41, 5.74) is 1.66. The number of hydrogen-bond donors (Lipinski definition) is 3. The Labute approximate surface area is 333 Å². The monoisotopic (exact) mass is 791 g/mol. The van der Waals surface area contributed by atoms with Crippen LogP contribution in [0.4, 0.5) is 0 Å². The summed E-state index contributed by atoms with van der Waals surface area (Å²) in [6.45, 7) is 11.3. The maximum absolute atomic E-state index is 14.3. The lowest BCUT2D eigenvalue weighted by molar-refractivity contribution is -0.302. The number of amides is 1. The fourth-order valence-corrected chi connectivity index (χ4v) is 9.39. The fraction of sp³-hybridized carbons (Fsp3) is 0.814. The van der Waals surface area contributed by atoms with Crippen molar-refractivity contribution in [2.24, 2.45) is 29.6 Å². The number of ether oxygens (including phenoxy) is 5. The molecule has 2 bridgehead atoms. The summed E-state index contributed by atoms with van der Waals surface area (Å²) in [5.74, 6) is -7.50. The van der Waals surface area contributed by atoms with Gasteiger partial charge >= 0.3 is 5.97 Å². The standard InChI is InChI=1S/C43H69NO12/c1-10-30-18-24(2)17-25(3)19-36(53-8)39-37(54-9)21-27(5)43(51,56-39)40(48)41(49)44-16-12-11-13-31(44)42(50)55-38(28(6)33(46)23-34(30)47)26(4)20-29-14-15-32(45)35(22-29)52-7/h18,20,25,27-33,35-39,45-46,51H,10-17,19,21-23H2,1-9H3/b24-18+,26-20+/t25-,27+,28+,29-,30+,31-,32+,33-,35+,36+,37-,38-,39+,43+/m0/s1. The zero-order valence-electron chi connectivity index (χ0n) is 35.1. The predicted octanol–water partition coefficient (Wildman–Crippen LogP) is 4.47. The van der Waals surface area contributed by atoms with E-state index in [0.717, 1.165) is 5.57 Å². The highest BCUT2D eigenvalue weighted by Crippen LogP contribution is 2.39. The average Bonchev–Trinajstić information content (AvgIpc) is 3.18. The summed E-state index contributed by atoms with van der Waals surface area (Å²) >= 11 is 0. The zero-order valence-corrected chi connectivity index (χ0v) is 35.1. The van der Waals surface area contributed by atoms with E-state index < -0.39 is 83.9 Å². The van der Waals surface area contributed by atoms with Gasteiger partial charge in [-0.2, -0.15) is 0 Å². The minimum Gasteiger partial charge on any atom is -0.456 e. The van der Waals surface area contributed by atoms with Gasteiger partial charge in [0, 0.05) is 52.0 Å². The Morgan fingerprint density at radius 1 is 0.911 bits per heavy atom. The van der Waals surface area contributed by atoms with Gasteiger partial charge in [-0.05, 0) is 95.5 Å². The van der Waals surface area contributed by atoms with Gasteiger partial charge in [-0.3, -0.25) is 14.4 Å². The fourth-order valence-electron chi connectivity index (χ4n) is 9.39. The first-order valence-electron chi connectivity index (χ1n) is 20.8. The van der Waals surface area contributed by atoms with Crippen LogP contribution >= 0.6 is 0 Å². The van der Waals surface area contributed by atoms with Crippen molar-refractivity contribution in [2.45, 2.75) is 167 Å². The summed E-state index contributed by atoms with van der Waals surface area (Å²) < 4.78 is 29.7. The molecular formula is C43H69NO12. The molecule has 0 aromatic rings. The molecule has 13 nitrogen and oxygen atoms in total. The molecule has 2 saturated heterocycles. The van der Waals surface area contributed by atoms with Crippen molar-refractivity contribution in [1.29, 1.82) is 0 Å². The van der Waals surface area contributed by atoms with E-state index in [9.17, 15) is 34.5 Å². The Morgan fingerprint density at radius 2 is 1.57 bits per heavy atom. The summed E-state index contributed by atoms with van der Waals surface area (Å²) in [4.78, 5) is 57.6. The summed E-state index contributed by atoms with van der Waals surface area (Å²) in [6.07, 6.45) is 3.72. The number of rotatable bonds is 6. The molecule has 1 aliphatic carbocycles. The first-order valence-corrected chi connectivity index (χ1v) is 20.8. The number of nitrogens with zero attached hydrogens (tertiary/aromatic N) is 1. The van der Waals surface area contributed by atoms with Crippen LogP contribution in [0.5, 0.6) is 0 Å². The highest BCUT2D eigenvalue weighted by atomic mass is 16.7. The van der Waals surface area contributed by atoms with Gasteiger partial charge in [0.05, 0.1) is 30.5 Å². The number of ketones is 2. The second-order valence-electron chi connectivity index (χ2n) is 17.2. The van der Waals surface area contributed by atoms with Crippen molar-refractivity contribution in [3.8, 4) is 0 Å². The van der Waals surface area contributed by atoms with E-state index in [4.69, 9.17) is 23.7 Å². The average molecular weight is 792 g/mol. The molecule has 56 heavy (non-hydrogen) atoms. The van der Waals surface area contributed by atoms with Gasteiger partial charge in [-0.25, -0.2) is 4.79 Å². The van der Waals surface area contributed by atoms with Crippen LogP contribution in [0.1, 0.15) is 112 Å². The number of hydrogen-bond acceptors (Lipinski definition) is 12. The van der Waals surface area contributed by atoms with Crippen LogP contribution in [-0.4, -0.2) is 126 Å². The number of aliphatic hydroxyl groups is 3. The molecule has 13 heteroatoms. The van der Waals surface area contributed by atoms with Crippen molar-refractivity contribution in [2.75, 3.05) is 27.9 Å². The number of carbonyl (C=O) groups is 4. The summed E-state index contributed by atoms with van der Waals surface area (Å²) in [5, 5.41) is 34.1. The second-order valence-corrected chi connectivity index (χ2v) is 17.2. The molecule has 3 aliphatic heterocycles. The molecule has 3 fully saturated rings. The first-order chi connectivity index (χ1) is 26.5. The van der Waals surface area contributed by atoms with Crippen LogP contribution in [0.15, 0.2) is 23.3 Å². The lowest BCUT2D eigenvalue weighted by Crippen LogP contribution is -2.64. The number of aliphatic hydroxyl groups excluding tert-OH is 2. The van der Waals surface area contributed by atoms with Crippen LogP contribution in [0, 0.1) is 29.6 Å². The van der Waals surface area contributed by atoms with E-state index in [-0.39, 0.29) is 49.5 Å². The molecule has 318 valence electrons. The van der Waals surface area contributed by atoms with E-state index in [1.807, 2.05) is 32.9 Å². The van der Waals surface area contributed by atoms with Crippen LogP contribution in [0.25, 0.3) is 0 Å². The number of cyclic esters (lactones) is 1. The predicted molar refractivity (Wildman–Crippen MR) is 208 cm³/mol. The van der Waals surface area contributed by atoms with Crippen molar-refractivity contribution in [3.05, 3.63) is 23.3 Å². The Kier molecular flexibility index (Phi) is 16.9. The lowest BCUT2D eigenvalue weighted by Gasteiger charge is -2.47. The SMILES string of the molecule is CC[C@@H]1/C=C(\C)C[C@H](C)C[C@@H](OC)[C@H]2O[C@@](O)(C(=O)C(=O)N3CCCC[C@H]3C(=O)O[C@@H](/C(C)=C/[C@@H]3CC[C@@H](O)[C@H](OC)C3)[C@H](C)[C@@H](O)CC1=O)[C@H](C)C[C@@H]2OC. The van der Waals surface area contributed by atoms with Crippen molar-refractivity contribution < 1.29 is 58.2 Å². The summed E-state index contributed by atoms with van der Waals surface area (Å²) in [6, 6.07) is -1.13. The molecule has 0 aromatic heterocycles. The number of carbonyl (C=O) groups excluding carboxylic acids is 4. The number of Topliss-reactive ketones (excluding diaryl/α,β-unsaturated/α-hetero) is 2. The first kappa shape index (κ1) is 46.2. The minimum atomic E-state index is -2.50. The quantitative estimate of drug-likeness (QED) is 0.196. The highest BCUT2D eigenvalue weighted by molar-refractivity contribution is 6.39. The molecule has 1 amide bonds. The third-order valence-corrected chi connectivity index (χ3v) is 12.9. The molecule has 0 aromatic carbocycles. The molecular weight excluding hydrogens is 722 g/mol. The molecule has 1 saturated carbocycles. The van der Waals surface area contributed by atoms with E-state index in [0.29, 0.717) is 56.9 Å². The maximum Gasteiger partial charge on any atom is 0.329 e. The number of methoxy groups -OCH3 is 3. The van der Waals surface area contributed by atoms with Gasteiger partial charge in [-0.1, -0.05) is 45.4 Å². The molecule has 0 spiro atoms. The molecule has 0 unspecified atom stereocenters. The molecule has 0 radical (unpaired) electrons. The van der Waals surface area contributed by atoms with E-state index >= 15 is 0 Å².